The van der Waals surface area contributed by atoms with Gasteiger partial charge in [0.25, 0.3) is 5.95 Å². The van der Waals surface area contributed by atoms with Crippen LogP contribution in [-0.2, 0) is 6.42 Å². The maximum atomic E-state index is 14.1. The first-order chi connectivity index (χ1) is 13.8. The highest BCUT2D eigenvalue weighted by atomic mass is 19.1. The van der Waals surface area contributed by atoms with Crippen molar-refractivity contribution in [3.05, 3.63) is 69.5 Å². The molecule has 12 heteroatoms. The largest absolute Gasteiger partial charge is 0.378 e. The Kier molecular flexibility index (Phi) is 4.22. The fourth-order valence-electron chi connectivity index (χ4n) is 2.89. The third-order valence-corrected chi connectivity index (χ3v) is 4.17. The summed E-state index contributed by atoms with van der Waals surface area (Å²) in [6, 6.07) is 7.26. The van der Waals surface area contributed by atoms with Gasteiger partial charge in [0.15, 0.2) is 0 Å². The molecule has 0 amide bonds. The lowest BCUT2D eigenvalue weighted by Gasteiger charge is -2.05. The minimum Gasteiger partial charge on any atom is -0.378 e. The van der Waals surface area contributed by atoms with Crippen LogP contribution in [0.1, 0.15) is 11.3 Å². The van der Waals surface area contributed by atoms with E-state index in [9.17, 15) is 18.9 Å². The van der Waals surface area contributed by atoms with E-state index in [0.29, 0.717) is 11.3 Å². The molecule has 10 nitrogen and oxygen atoms in total. The first-order valence-corrected chi connectivity index (χ1v) is 8.19. The van der Waals surface area contributed by atoms with E-state index in [4.69, 9.17) is 11.5 Å². The molecule has 0 aliphatic carbocycles. The zero-order chi connectivity index (χ0) is 20.7. The minimum absolute atomic E-state index is 0.0623. The summed E-state index contributed by atoms with van der Waals surface area (Å²) in [5.74, 6) is -2.23. The SMILES string of the molecule is Nc1nc(-n2nc(Cc3ccccc3F)c3ncc(F)cc32)nc(N)c1[N+](=O)[O-]. The van der Waals surface area contributed by atoms with Crippen LogP contribution < -0.4 is 11.5 Å². The van der Waals surface area contributed by atoms with Crippen molar-refractivity contribution in [2.75, 3.05) is 11.5 Å². The molecule has 0 aliphatic heterocycles. The number of anilines is 2. The lowest BCUT2D eigenvalue weighted by Crippen LogP contribution is -2.11. The highest BCUT2D eigenvalue weighted by Crippen LogP contribution is 2.28. The molecule has 0 aliphatic rings. The summed E-state index contributed by atoms with van der Waals surface area (Å²) >= 11 is 0. The highest BCUT2D eigenvalue weighted by molar-refractivity contribution is 5.79. The van der Waals surface area contributed by atoms with Gasteiger partial charge in [0.2, 0.25) is 11.6 Å². The first kappa shape index (κ1) is 18.2. The Bertz CT molecular complexity index is 1250. The van der Waals surface area contributed by atoms with E-state index in [-0.39, 0.29) is 23.4 Å². The molecule has 0 fully saturated rings. The van der Waals surface area contributed by atoms with Gasteiger partial charge in [-0.2, -0.15) is 19.7 Å². The fraction of sp³-hybridized carbons (Fsp3) is 0.0588. The van der Waals surface area contributed by atoms with Crippen molar-refractivity contribution in [1.82, 2.24) is 24.7 Å². The van der Waals surface area contributed by atoms with Crippen LogP contribution in [0.2, 0.25) is 0 Å². The van der Waals surface area contributed by atoms with Crippen LogP contribution in [0.4, 0.5) is 26.1 Å². The predicted molar refractivity (Wildman–Crippen MR) is 99.1 cm³/mol. The van der Waals surface area contributed by atoms with E-state index in [1.165, 1.54) is 6.07 Å². The summed E-state index contributed by atoms with van der Waals surface area (Å²) in [7, 11) is 0. The van der Waals surface area contributed by atoms with Gasteiger partial charge < -0.3 is 11.5 Å². The number of nitrogens with two attached hydrogens (primary N) is 2. The number of rotatable bonds is 4. The maximum absolute atomic E-state index is 14.1. The number of nitrogens with zero attached hydrogens (tertiary/aromatic N) is 6. The standard InChI is InChI=1S/C17H12F2N8O2/c18-9-6-12-13(22-7-9)11(5-8-3-1-2-4-10(8)19)25-26(12)17-23-15(20)14(27(28)29)16(21)24-17/h1-4,6-7H,5H2,(H4,20,21,23,24). The number of hydrogen-bond donors (Lipinski definition) is 2. The number of fused-ring (bicyclic) bond motifs is 1. The molecule has 0 radical (unpaired) electrons. The Morgan fingerprint density at radius 3 is 2.48 bits per heavy atom. The van der Waals surface area contributed by atoms with Crippen LogP contribution in [0.5, 0.6) is 0 Å². The molecule has 0 saturated carbocycles. The summed E-state index contributed by atoms with van der Waals surface area (Å²) in [5.41, 5.74) is 11.8. The summed E-state index contributed by atoms with van der Waals surface area (Å²) in [6.45, 7) is 0. The smallest absolute Gasteiger partial charge is 0.352 e. The maximum Gasteiger partial charge on any atom is 0.352 e. The number of benzene rings is 1. The van der Waals surface area contributed by atoms with Crippen LogP contribution >= 0.6 is 0 Å². The van der Waals surface area contributed by atoms with E-state index < -0.39 is 33.9 Å². The molecule has 4 N–H and O–H groups in total. The Labute approximate surface area is 161 Å². The van der Waals surface area contributed by atoms with Gasteiger partial charge in [-0.15, -0.1) is 0 Å². The summed E-state index contributed by atoms with van der Waals surface area (Å²) < 4.78 is 29.0. The quantitative estimate of drug-likeness (QED) is 0.392. The Hall–Kier alpha value is -4.22. The van der Waals surface area contributed by atoms with Gasteiger partial charge >= 0.3 is 5.69 Å². The van der Waals surface area contributed by atoms with Crippen molar-refractivity contribution in [1.29, 1.82) is 0 Å². The van der Waals surface area contributed by atoms with E-state index in [1.54, 1.807) is 18.2 Å². The van der Waals surface area contributed by atoms with Crippen LogP contribution in [0.3, 0.4) is 0 Å². The second kappa shape index (κ2) is 6.74. The van der Waals surface area contributed by atoms with Crippen molar-refractivity contribution in [3.8, 4) is 5.95 Å². The van der Waals surface area contributed by atoms with Gasteiger partial charge in [0.1, 0.15) is 17.2 Å². The van der Waals surface area contributed by atoms with Gasteiger partial charge in [-0.05, 0) is 11.6 Å². The second-order valence-electron chi connectivity index (χ2n) is 6.05. The molecule has 0 saturated heterocycles. The Morgan fingerprint density at radius 2 is 1.83 bits per heavy atom. The molecule has 0 bridgehead atoms. The second-order valence-corrected chi connectivity index (χ2v) is 6.05. The molecule has 0 unspecified atom stereocenters. The third kappa shape index (κ3) is 3.16. The highest BCUT2D eigenvalue weighted by Gasteiger charge is 2.24. The lowest BCUT2D eigenvalue weighted by atomic mass is 10.1. The number of nitrogen functional groups attached to an aromatic ring is 2. The number of hydrogen-bond acceptors (Lipinski definition) is 8. The monoisotopic (exact) mass is 398 g/mol. The summed E-state index contributed by atoms with van der Waals surface area (Å²) in [5, 5.41) is 15.3. The van der Waals surface area contributed by atoms with Crippen molar-refractivity contribution < 1.29 is 13.7 Å². The number of pyridine rings is 1. The topological polar surface area (TPSA) is 152 Å². The molecule has 3 heterocycles. The van der Waals surface area contributed by atoms with Crippen LogP contribution in [-0.4, -0.2) is 29.7 Å². The van der Waals surface area contributed by atoms with Crippen LogP contribution in [0.15, 0.2) is 36.5 Å². The Morgan fingerprint density at radius 1 is 1.14 bits per heavy atom. The number of aromatic nitrogens is 5. The van der Waals surface area contributed by atoms with Crippen molar-refractivity contribution in [2.45, 2.75) is 6.42 Å². The van der Waals surface area contributed by atoms with Gasteiger partial charge in [-0.25, -0.2) is 13.8 Å². The molecule has 4 aromatic rings. The van der Waals surface area contributed by atoms with Gasteiger partial charge in [-0.3, -0.25) is 10.1 Å². The summed E-state index contributed by atoms with van der Waals surface area (Å²) in [6.07, 6.45) is 1.06. The minimum atomic E-state index is -0.805. The number of halogens is 2. The van der Waals surface area contributed by atoms with Gasteiger partial charge in [-0.1, -0.05) is 18.2 Å². The molecule has 3 aromatic heterocycles. The average Bonchev–Trinajstić information content (AvgIpc) is 3.00. The average molecular weight is 398 g/mol. The lowest BCUT2D eigenvalue weighted by molar-refractivity contribution is -0.383. The van der Waals surface area contributed by atoms with Crippen molar-refractivity contribution >= 4 is 28.4 Å². The summed E-state index contributed by atoms with van der Waals surface area (Å²) in [4.78, 5) is 22.0. The van der Waals surface area contributed by atoms with E-state index >= 15 is 0 Å². The zero-order valence-corrected chi connectivity index (χ0v) is 14.6. The molecular weight excluding hydrogens is 386 g/mol. The zero-order valence-electron chi connectivity index (χ0n) is 14.6. The molecule has 146 valence electrons. The van der Waals surface area contributed by atoms with Gasteiger partial charge in [0.05, 0.1) is 22.3 Å². The molecule has 0 atom stereocenters. The molecule has 4 rings (SSSR count). The van der Waals surface area contributed by atoms with Crippen molar-refractivity contribution in [2.24, 2.45) is 0 Å². The van der Waals surface area contributed by atoms with Crippen LogP contribution in [0, 0.1) is 21.7 Å². The fourth-order valence-corrected chi connectivity index (χ4v) is 2.89. The number of nitro groups is 1. The normalized spacial score (nSPS) is 11.1. The predicted octanol–water partition coefficient (Wildman–Crippen LogP) is 2.15. The van der Waals surface area contributed by atoms with Crippen LogP contribution in [0.25, 0.3) is 17.0 Å². The van der Waals surface area contributed by atoms with Gasteiger partial charge in [0, 0.05) is 12.5 Å². The molecule has 1 aromatic carbocycles. The van der Waals surface area contributed by atoms with E-state index in [0.717, 1.165) is 16.9 Å². The molecule has 29 heavy (non-hydrogen) atoms. The molecule has 0 spiro atoms. The third-order valence-electron chi connectivity index (χ3n) is 4.17. The van der Waals surface area contributed by atoms with E-state index in [1.807, 2.05) is 0 Å². The van der Waals surface area contributed by atoms with Crippen molar-refractivity contribution in [3.63, 3.8) is 0 Å². The molecular formula is C17H12F2N8O2. The van der Waals surface area contributed by atoms with E-state index in [2.05, 4.69) is 20.1 Å². The Balaban J connectivity index is 1.91. The first-order valence-electron chi connectivity index (χ1n) is 8.19.